The molecule has 0 spiro atoms. The van der Waals surface area contributed by atoms with Gasteiger partial charge in [-0.05, 0) is 48.6 Å². The van der Waals surface area contributed by atoms with Crippen LogP contribution in [-0.2, 0) is 11.3 Å². The fourth-order valence-corrected chi connectivity index (χ4v) is 3.25. The van der Waals surface area contributed by atoms with Crippen LogP contribution in [0.25, 0.3) is 11.6 Å². The minimum atomic E-state index is -0.246. The maximum atomic E-state index is 12.7. The SMILES string of the molecule is CC(C)c1ccc(OCC(=O)NCCn2nc(-c3ccco3)n(C3CC3)c2=O)cc1. The van der Waals surface area contributed by atoms with Gasteiger partial charge in [-0.3, -0.25) is 9.36 Å². The Bertz CT molecular complexity index is 1040. The number of amides is 1. The Morgan fingerprint density at radius 2 is 2.03 bits per heavy atom. The Morgan fingerprint density at radius 3 is 2.67 bits per heavy atom. The third kappa shape index (κ3) is 4.48. The van der Waals surface area contributed by atoms with E-state index in [0.29, 0.717) is 23.3 Å². The lowest BCUT2D eigenvalue weighted by Gasteiger charge is -2.09. The number of rotatable bonds is 9. The fraction of sp³-hybridized carbons (Fsp3) is 0.409. The first-order valence-corrected chi connectivity index (χ1v) is 10.3. The highest BCUT2D eigenvalue weighted by molar-refractivity contribution is 5.77. The number of hydrogen-bond donors (Lipinski definition) is 1. The van der Waals surface area contributed by atoms with Crippen LogP contribution < -0.4 is 15.7 Å². The van der Waals surface area contributed by atoms with E-state index >= 15 is 0 Å². The normalized spacial score (nSPS) is 13.6. The molecule has 1 aromatic carbocycles. The van der Waals surface area contributed by atoms with Crippen LogP contribution in [0, 0.1) is 0 Å². The molecule has 30 heavy (non-hydrogen) atoms. The molecule has 0 radical (unpaired) electrons. The summed E-state index contributed by atoms with van der Waals surface area (Å²) in [5, 5.41) is 7.19. The van der Waals surface area contributed by atoms with E-state index < -0.39 is 0 Å². The smallest absolute Gasteiger partial charge is 0.346 e. The zero-order valence-electron chi connectivity index (χ0n) is 17.2. The Hall–Kier alpha value is -3.29. The molecule has 0 aliphatic heterocycles. The molecule has 1 N–H and O–H groups in total. The highest BCUT2D eigenvalue weighted by Gasteiger charge is 2.31. The Balaban J connectivity index is 1.30. The van der Waals surface area contributed by atoms with Gasteiger partial charge in [0.2, 0.25) is 5.82 Å². The molecule has 1 amide bonds. The predicted molar refractivity (Wildman–Crippen MR) is 111 cm³/mol. The number of hydrogen-bond acceptors (Lipinski definition) is 5. The predicted octanol–water partition coefficient (Wildman–Crippen LogP) is 2.96. The molecule has 1 saturated carbocycles. The molecule has 158 valence electrons. The molecule has 4 rings (SSSR count). The van der Waals surface area contributed by atoms with Crippen molar-refractivity contribution in [3.63, 3.8) is 0 Å². The number of carbonyl (C=O) groups excluding carboxylic acids is 1. The minimum Gasteiger partial charge on any atom is -0.484 e. The number of nitrogens with zero attached hydrogens (tertiary/aromatic N) is 3. The largest absolute Gasteiger partial charge is 0.484 e. The second-order valence-corrected chi connectivity index (χ2v) is 7.77. The van der Waals surface area contributed by atoms with Crippen LogP contribution in [0.15, 0.2) is 51.9 Å². The molecule has 3 aromatic rings. The van der Waals surface area contributed by atoms with Gasteiger partial charge in [-0.1, -0.05) is 26.0 Å². The standard InChI is InChI=1S/C22H26N4O4/c1-15(2)16-5-9-18(10-6-16)30-14-20(27)23-11-12-25-22(28)26(17-7-8-17)21(24-25)19-4-3-13-29-19/h3-6,9-10,13,15,17H,7-8,11-12,14H2,1-2H3,(H,23,27). The summed E-state index contributed by atoms with van der Waals surface area (Å²) in [4.78, 5) is 24.8. The van der Waals surface area contributed by atoms with E-state index in [9.17, 15) is 9.59 Å². The van der Waals surface area contributed by atoms with Crippen LogP contribution in [0.3, 0.4) is 0 Å². The monoisotopic (exact) mass is 410 g/mol. The molecule has 2 heterocycles. The summed E-state index contributed by atoms with van der Waals surface area (Å²) in [5.41, 5.74) is 1.04. The van der Waals surface area contributed by atoms with Gasteiger partial charge in [0, 0.05) is 12.6 Å². The minimum absolute atomic E-state index is 0.0793. The van der Waals surface area contributed by atoms with Crippen molar-refractivity contribution in [1.82, 2.24) is 19.7 Å². The Morgan fingerprint density at radius 1 is 1.27 bits per heavy atom. The average molecular weight is 410 g/mol. The van der Waals surface area contributed by atoms with Gasteiger partial charge in [0.1, 0.15) is 5.75 Å². The summed E-state index contributed by atoms with van der Waals surface area (Å²) in [6.45, 7) is 4.73. The van der Waals surface area contributed by atoms with Gasteiger partial charge in [0.05, 0.1) is 12.8 Å². The van der Waals surface area contributed by atoms with Crippen molar-refractivity contribution in [2.75, 3.05) is 13.2 Å². The molecule has 0 saturated heterocycles. The number of ether oxygens (including phenoxy) is 1. The third-order valence-electron chi connectivity index (χ3n) is 5.09. The molecule has 1 aliphatic rings. The second-order valence-electron chi connectivity index (χ2n) is 7.77. The number of furan rings is 1. The third-order valence-corrected chi connectivity index (χ3v) is 5.09. The summed E-state index contributed by atoms with van der Waals surface area (Å²) >= 11 is 0. The first-order valence-electron chi connectivity index (χ1n) is 10.3. The molecule has 0 atom stereocenters. The quantitative estimate of drug-likeness (QED) is 0.586. The van der Waals surface area contributed by atoms with E-state index in [4.69, 9.17) is 9.15 Å². The summed E-state index contributed by atoms with van der Waals surface area (Å²) < 4.78 is 14.0. The first kappa shape index (κ1) is 20.0. The fourth-order valence-electron chi connectivity index (χ4n) is 3.25. The number of benzene rings is 1. The van der Waals surface area contributed by atoms with Crippen LogP contribution in [-0.4, -0.2) is 33.4 Å². The molecule has 2 aromatic heterocycles. The van der Waals surface area contributed by atoms with E-state index in [1.165, 1.54) is 10.2 Å². The van der Waals surface area contributed by atoms with Gasteiger partial charge in [-0.2, -0.15) is 0 Å². The van der Waals surface area contributed by atoms with E-state index in [-0.39, 0.29) is 37.3 Å². The van der Waals surface area contributed by atoms with E-state index in [1.54, 1.807) is 23.0 Å². The molecule has 8 heteroatoms. The molecule has 1 fully saturated rings. The van der Waals surface area contributed by atoms with Crippen molar-refractivity contribution in [3.05, 3.63) is 58.7 Å². The topological polar surface area (TPSA) is 91.3 Å². The summed E-state index contributed by atoms with van der Waals surface area (Å²) in [6.07, 6.45) is 3.49. The van der Waals surface area contributed by atoms with Crippen LogP contribution in [0.4, 0.5) is 0 Å². The van der Waals surface area contributed by atoms with Gasteiger partial charge in [0.15, 0.2) is 12.4 Å². The highest BCUT2D eigenvalue weighted by Crippen LogP contribution is 2.36. The van der Waals surface area contributed by atoms with Crippen LogP contribution in [0.2, 0.25) is 0 Å². The van der Waals surface area contributed by atoms with Crippen molar-refractivity contribution < 1.29 is 13.9 Å². The Kier molecular flexibility index (Phi) is 5.74. The summed E-state index contributed by atoms with van der Waals surface area (Å²) in [6, 6.07) is 11.5. The molecule has 0 unspecified atom stereocenters. The zero-order chi connectivity index (χ0) is 21.1. The van der Waals surface area contributed by atoms with Crippen molar-refractivity contribution in [1.29, 1.82) is 0 Å². The lowest BCUT2D eigenvalue weighted by Crippen LogP contribution is -2.34. The average Bonchev–Trinajstić information content (AvgIpc) is 3.31. The maximum absolute atomic E-state index is 12.7. The number of nitrogens with one attached hydrogen (secondary N) is 1. The maximum Gasteiger partial charge on any atom is 0.346 e. The van der Waals surface area contributed by atoms with Crippen LogP contribution in [0.5, 0.6) is 5.75 Å². The van der Waals surface area contributed by atoms with Gasteiger partial charge in [-0.15, -0.1) is 5.10 Å². The highest BCUT2D eigenvalue weighted by atomic mass is 16.5. The van der Waals surface area contributed by atoms with Crippen LogP contribution in [0.1, 0.15) is 44.2 Å². The van der Waals surface area contributed by atoms with Crippen LogP contribution >= 0.6 is 0 Å². The van der Waals surface area contributed by atoms with Gasteiger partial charge < -0.3 is 14.5 Å². The Labute approximate surface area is 174 Å². The van der Waals surface area contributed by atoms with Crippen molar-refractivity contribution in [2.24, 2.45) is 0 Å². The van der Waals surface area contributed by atoms with Crippen molar-refractivity contribution in [2.45, 2.75) is 45.2 Å². The molecular formula is C22H26N4O4. The zero-order valence-corrected chi connectivity index (χ0v) is 17.2. The van der Waals surface area contributed by atoms with Gasteiger partial charge in [0.25, 0.3) is 5.91 Å². The van der Waals surface area contributed by atoms with E-state index in [2.05, 4.69) is 24.3 Å². The van der Waals surface area contributed by atoms with Gasteiger partial charge in [-0.25, -0.2) is 9.48 Å². The van der Waals surface area contributed by atoms with Gasteiger partial charge >= 0.3 is 5.69 Å². The number of carbonyl (C=O) groups is 1. The lowest BCUT2D eigenvalue weighted by molar-refractivity contribution is -0.123. The van der Waals surface area contributed by atoms with Crippen molar-refractivity contribution in [3.8, 4) is 17.3 Å². The number of aromatic nitrogens is 3. The molecule has 8 nitrogen and oxygen atoms in total. The molecular weight excluding hydrogens is 384 g/mol. The lowest BCUT2D eigenvalue weighted by atomic mass is 10.0. The molecule has 0 bridgehead atoms. The van der Waals surface area contributed by atoms with E-state index in [0.717, 1.165) is 12.8 Å². The first-order chi connectivity index (χ1) is 14.5. The molecule has 1 aliphatic carbocycles. The summed E-state index contributed by atoms with van der Waals surface area (Å²) in [5.74, 6) is 1.95. The second kappa shape index (κ2) is 8.61. The van der Waals surface area contributed by atoms with E-state index in [1.807, 2.05) is 24.3 Å². The van der Waals surface area contributed by atoms with Crippen molar-refractivity contribution >= 4 is 5.91 Å². The summed E-state index contributed by atoms with van der Waals surface area (Å²) in [7, 11) is 0.